The van der Waals surface area contributed by atoms with Gasteiger partial charge in [-0.3, -0.25) is 10.1 Å². The number of fused-ring (bicyclic) bond motifs is 1. The van der Waals surface area contributed by atoms with Gasteiger partial charge in [-0.1, -0.05) is 31.2 Å². The van der Waals surface area contributed by atoms with E-state index in [2.05, 4.69) is 15.6 Å². The number of nitrogen functional groups attached to an aromatic ring is 1. The van der Waals surface area contributed by atoms with E-state index >= 15 is 0 Å². The summed E-state index contributed by atoms with van der Waals surface area (Å²) in [5, 5.41) is 5.67. The summed E-state index contributed by atoms with van der Waals surface area (Å²) in [5.74, 6) is -0.713. The van der Waals surface area contributed by atoms with Crippen molar-refractivity contribution < 1.29 is 27.1 Å². The van der Waals surface area contributed by atoms with Crippen molar-refractivity contribution in [2.45, 2.75) is 50.3 Å². The maximum Gasteiger partial charge on any atom is 0.411 e. The average Bonchev–Trinajstić information content (AvgIpc) is 3.00. The molecule has 4 aromatic rings. The average molecular weight is 636 g/mol. The molecular formula is C33H38FN5O5S. The molecule has 10 nitrogen and oxygen atoms in total. The molecule has 0 aliphatic rings. The van der Waals surface area contributed by atoms with Gasteiger partial charge in [0.2, 0.25) is 5.91 Å². The first-order valence-corrected chi connectivity index (χ1v) is 16.0. The van der Waals surface area contributed by atoms with Gasteiger partial charge < -0.3 is 20.7 Å². The zero-order chi connectivity index (χ0) is 32.9. The molecule has 0 aliphatic carbocycles. The fraction of sp³-hybridized carbons (Fsp3) is 0.303. The molecule has 1 aromatic heterocycles. The molecule has 4 rings (SSSR count). The first kappa shape index (κ1) is 33.2. The molecule has 2 amide bonds. The van der Waals surface area contributed by atoms with Gasteiger partial charge in [0.1, 0.15) is 11.6 Å². The van der Waals surface area contributed by atoms with Crippen LogP contribution in [-0.4, -0.2) is 55.8 Å². The molecule has 1 atom stereocenters. The second kappa shape index (κ2) is 13.9. The normalized spacial score (nSPS) is 12.2. The Morgan fingerprint density at radius 3 is 2.44 bits per heavy atom. The van der Waals surface area contributed by atoms with Gasteiger partial charge in [0.25, 0.3) is 0 Å². The van der Waals surface area contributed by atoms with Crippen molar-refractivity contribution in [2.24, 2.45) is 0 Å². The van der Waals surface area contributed by atoms with E-state index < -0.39 is 27.0 Å². The minimum absolute atomic E-state index is 0.0249. The van der Waals surface area contributed by atoms with Crippen LogP contribution in [-0.2, 0) is 25.9 Å². The number of benzene rings is 3. The van der Waals surface area contributed by atoms with Crippen LogP contribution in [0.4, 0.5) is 26.4 Å². The largest absolute Gasteiger partial charge is 0.449 e. The number of carbonyl (C=O) groups is 2. The highest BCUT2D eigenvalue weighted by molar-refractivity contribution is 7.92. The minimum Gasteiger partial charge on any atom is -0.449 e. The van der Waals surface area contributed by atoms with E-state index in [0.717, 1.165) is 17.3 Å². The highest BCUT2D eigenvalue weighted by atomic mass is 32.2. The lowest BCUT2D eigenvalue weighted by Gasteiger charge is -2.21. The summed E-state index contributed by atoms with van der Waals surface area (Å²) in [7, 11) is -2.17. The predicted molar refractivity (Wildman–Crippen MR) is 174 cm³/mol. The van der Waals surface area contributed by atoms with Crippen molar-refractivity contribution in [1.29, 1.82) is 0 Å². The number of nitrogens with one attached hydrogen (secondary N) is 2. The van der Waals surface area contributed by atoms with Crippen molar-refractivity contribution in [3.63, 3.8) is 0 Å². The van der Waals surface area contributed by atoms with E-state index in [0.29, 0.717) is 22.3 Å². The Morgan fingerprint density at radius 2 is 1.73 bits per heavy atom. The van der Waals surface area contributed by atoms with E-state index in [1.807, 2.05) is 38.1 Å². The Bertz CT molecular complexity index is 1830. The lowest BCUT2D eigenvalue weighted by atomic mass is 9.97. The van der Waals surface area contributed by atoms with Crippen LogP contribution in [0, 0.1) is 12.7 Å². The highest BCUT2D eigenvalue weighted by Gasteiger charge is 2.25. The van der Waals surface area contributed by atoms with Gasteiger partial charge >= 0.3 is 6.09 Å². The summed E-state index contributed by atoms with van der Waals surface area (Å²) in [6, 6.07) is 17.1. The number of sulfone groups is 1. The Kier molecular flexibility index (Phi) is 10.3. The van der Waals surface area contributed by atoms with Crippen molar-refractivity contribution in [1.82, 2.24) is 9.88 Å². The summed E-state index contributed by atoms with van der Waals surface area (Å²) in [5.41, 5.74) is 9.17. The SMILES string of the molecule is Cc1ccccc1[C@@H](C)COC(=O)Nc1ccc(S(=O)(=O)C(C)C)c(CN(C)C(=O)CNc2ccc3c(N)ncc(F)c3c2)c1. The Hall–Kier alpha value is -4.71. The third-order valence-corrected chi connectivity index (χ3v) is 9.82. The number of likely N-dealkylation sites (N-methyl/N-ethyl adjacent to an activating group) is 1. The number of halogens is 1. The van der Waals surface area contributed by atoms with Crippen LogP contribution in [0.15, 0.2) is 71.8 Å². The lowest BCUT2D eigenvalue weighted by molar-refractivity contribution is -0.128. The molecule has 45 heavy (non-hydrogen) atoms. The van der Waals surface area contributed by atoms with Gasteiger partial charge in [-0.25, -0.2) is 22.6 Å². The van der Waals surface area contributed by atoms with Crippen LogP contribution < -0.4 is 16.4 Å². The maximum absolute atomic E-state index is 14.3. The van der Waals surface area contributed by atoms with E-state index in [1.54, 1.807) is 39.1 Å². The first-order chi connectivity index (χ1) is 21.3. The highest BCUT2D eigenvalue weighted by Crippen LogP contribution is 2.27. The molecule has 3 aromatic carbocycles. The molecule has 0 radical (unpaired) electrons. The van der Waals surface area contributed by atoms with Gasteiger partial charge in [0, 0.05) is 41.7 Å². The van der Waals surface area contributed by atoms with E-state index in [4.69, 9.17) is 10.5 Å². The number of rotatable bonds is 11. The van der Waals surface area contributed by atoms with Crippen molar-refractivity contribution in [3.8, 4) is 0 Å². The summed E-state index contributed by atoms with van der Waals surface area (Å²) in [4.78, 5) is 31.0. The standard InChI is InChI=1S/C33H38FN5O5S/c1-20(2)45(42,43)30-13-11-25(38-33(41)44-19-22(4)26-9-7-6-8-21(26)3)14-23(30)18-39(5)31(40)17-36-24-10-12-27-28(15-24)29(34)16-37-32(27)35/h6-16,20,22,36H,17-19H2,1-5H3,(H2,35,37)(H,38,41)/t22-/m0/s1. The number of ether oxygens (including phenoxy) is 1. The van der Waals surface area contributed by atoms with Gasteiger partial charge in [-0.05, 0) is 73.9 Å². The van der Waals surface area contributed by atoms with Crippen LogP contribution in [0.3, 0.4) is 0 Å². The molecule has 0 bridgehead atoms. The van der Waals surface area contributed by atoms with Gasteiger partial charge in [-0.15, -0.1) is 0 Å². The molecule has 0 saturated heterocycles. The lowest BCUT2D eigenvalue weighted by Crippen LogP contribution is -2.32. The molecule has 238 valence electrons. The second-order valence-electron chi connectivity index (χ2n) is 11.3. The zero-order valence-corrected chi connectivity index (χ0v) is 26.7. The second-order valence-corrected chi connectivity index (χ2v) is 13.7. The quantitative estimate of drug-likeness (QED) is 0.186. The maximum atomic E-state index is 14.3. The van der Waals surface area contributed by atoms with Crippen LogP contribution in [0.25, 0.3) is 10.8 Å². The monoisotopic (exact) mass is 635 g/mol. The topological polar surface area (TPSA) is 144 Å². The number of amides is 2. The fourth-order valence-electron chi connectivity index (χ4n) is 4.89. The molecule has 0 saturated carbocycles. The van der Waals surface area contributed by atoms with Crippen molar-refractivity contribution >= 4 is 49.8 Å². The summed E-state index contributed by atoms with van der Waals surface area (Å²) in [6.07, 6.45) is 0.358. The number of nitrogens with zero attached hydrogens (tertiary/aromatic N) is 2. The van der Waals surface area contributed by atoms with Crippen molar-refractivity contribution in [2.75, 3.05) is 36.6 Å². The van der Waals surface area contributed by atoms with E-state index in [1.165, 1.54) is 23.1 Å². The summed E-state index contributed by atoms with van der Waals surface area (Å²) in [6.45, 7) is 7.08. The smallest absolute Gasteiger partial charge is 0.411 e. The molecule has 0 fully saturated rings. The fourth-order valence-corrected chi connectivity index (χ4v) is 6.15. The number of aryl methyl sites for hydroxylation is 1. The number of pyridine rings is 1. The van der Waals surface area contributed by atoms with Gasteiger partial charge in [0.05, 0.1) is 29.5 Å². The number of aromatic nitrogens is 1. The third kappa shape index (κ3) is 7.88. The Labute approximate surface area is 262 Å². The summed E-state index contributed by atoms with van der Waals surface area (Å²) < 4.78 is 46.1. The molecule has 4 N–H and O–H groups in total. The number of hydrogen-bond donors (Lipinski definition) is 3. The number of carbonyl (C=O) groups excluding carboxylic acids is 2. The van der Waals surface area contributed by atoms with Crippen LogP contribution >= 0.6 is 0 Å². The van der Waals surface area contributed by atoms with Crippen LogP contribution in [0.5, 0.6) is 0 Å². The van der Waals surface area contributed by atoms with E-state index in [-0.39, 0.29) is 47.6 Å². The molecule has 0 unspecified atom stereocenters. The van der Waals surface area contributed by atoms with Crippen molar-refractivity contribution in [3.05, 3.63) is 89.4 Å². The van der Waals surface area contributed by atoms with Gasteiger partial charge in [-0.2, -0.15) is 0 Å². The van der Waals surface area contributed by atoms with Crippen LogP contribution in [0.1, 0.15) is 43.4 Å². The molecule has 0 spiro atoms. The number of nitrogens with two attached hydrogens (primary N) is 1. The Balaban J connectivity index is 1.46. The first-order valence-electron chi connectivity index (χ1n) is 14.5. The molecule has 12 heteroatoms. The number of anilines is 3. The van der Waals surface area contributed by atoms with E-state index in [9.17, 15) is 22.4 Å². The molecular weight excluding hydrogens is 597 g/mol. The Morgan fingerprint density at radius 1 is 1.02 bits per heavy atom. The predicted octanol–water partition coefficient (Wildman–Crippen LogP) is 5.87. The molecule has 1 heterocycles. The zero-order valence-electron chi connectivity index (χ0n) is 25.9. The molecule has 0 aliphatic heterocycles. The minimum atomic E-state index is -3.71. The van der Waals surface area contributed by atoms with Gasteiger partial charge in [0.15, 0.2) is 9.84 Å². The third-order valence-electron chi connectivity index (χ3n) is 7.56. The summed E-state index contributed by atoms with van der Waals surface area (Å²) >= 11 is 0. The van der Waals surface area contributed by atoms with Crippen LogP contribution in [0.2, 0.25) is 0 Å². The number of hydrogen-bond acceptors (Lipinski definition) is 8.